The highest BCUT2D eigenvalue weighted by Crippen LogP contribution is 2.27. The number of hydrogen-bond acceptors (Lipinski definition) is 6. The monoisotopic (exact) mass is 399 g/mol. The van der Waals surface area contributed by atoms with Crippen molar-refractivity contribution >= 4 is 39.1 Å². The normalized spacial score (nSPS) is 11.0. The largest absolute Gasteiger partial charge is 0.461 e. The van der Waals surface area contributed by atoms with Gasteiger partial charge in [-0.3, -0.25) is 14.2 Å². The summed E-state index contributed by atoms with van der Waals surface area (Å²) >= 11 is 1.13. The average molecular weight is 399 g/mol. The van der Waals surface area contributed by atoms with E-state index in [0.29, 0.717) is 33.0 Å². The third kappa shape index (κ3) is 4.28. The van der Waals surface area contributed by atoms with Gasteiger partial charge in [0.05, 0.1) is 18.3 Å². The minimum Gasteiger partial charge on any atom is -0.461 e. The first kappa shape index (κ1) is 19.8. The van der Waals surface area contributed by atoms with Crippen LogP contribution in [0.4, 0.5) is 5.69 Å². The second kappa shape index (κ2) is 8.35. The van der Waals surface area contributed by atoms with Gasteiger partial charge in [-0.15, -0.1) is 11.3 Å². The molecule has 0 aliphatic carbocycles. The van der Waals surface area contributed by atoms with Crippen LogP contribution < -0.4 is 10.9 Å². The molecule has 0 atom stereocenters. The lowest BCUT2D eigenvalue weighted by molar-refractivity contribution is -0.116. The number of carbonyl (C=O) groups excluding carboxylic acids is 2. The lowest BCUT2D eigenvalue weighted by Gasteiger charge is -2.07. The van der Waals surface area contributed by atoms with E-state index >= 15 is 0 Å². The van der Waals surface area contributed by atoms with Crippen molar-refractivity contribution in [1.82, 2.24) is 9.55 Å². The first-order valence-electron chi connectivity index (χ1n) is 8.87. The highest BCUT2D eigenvalue weighted by atomic mass is 32.1. The Bertz CT molecular complexity index is 1070. The number of carbonyl (C=O) groups is 2. The van der Waals surface area contributed by atoms with Gasteiger partial charge in [0.1, 0.15) is 16.3 Å². The molecule has 0 saturated heterocycles. The van der Waals surface area contributed by atoms with Gasteiger partial charge in [-0.25, -0.2) is 9.78 Å². The van der Waals surface area contributed by atoms with Crippen LogP contribution in [0.25, 0.3) is 10.2 Å². The molecular weight excluding hydrogens is 378 g/mol. The number of rotatable bonds is 6. The lowest BCUT2D eigenvalue weighted by atomic mass is 10.2. The number of hydrogen-bond donors (Lipinski definition) is 1. The van der Waals surface area contributed by atoms with Gasteiger partial charge in [0, 0.05) is 5.69 Å². The van der Waals surface area contributed by atoms with Gasteiger partial charge in [0.15, 0.2) is 0 Å². The maximum atomic E-state index is 12.8. The predicted octanol–water partition coefficient (Wildman–Crippen LogP) is 3.22. The van der Waals surface area contributed by atoms with E-state index in [-0.39, 0.29) is 23.9 Å². The predicted molar refractivity (Wildman–Crippen MR) is 109 cm³/mol. The minimum atomic E-state index is -0.457. The number of aromatic nitrogens is 2. The quantitative estimate of drug-likeness (QED) is 0.643. The summed E-state index contributed by atoms with van der Waals surface area (Å²) in [6.07, 6.45) is 1.33. The van der Waals surface area contributed by atoms with Gasteiger partial charge in [0.2, 0.25) is 5.91 Å². The molecule has 0 aliphatic heterocycles. The van der Waals surface area contributed by atoms with E-state index in [4.69, 9.17) is 4.74 Å². The van der Waals surface area contributed by atoms with Crippen LogP contribution in [-0.2, 0) is 16.1 Å². The van der Waals surface area contributed by atoms with Gasteiger partial charge < -0.3 is 10.1 Å². The van der Waals surface area contributed by atoms with Crippen LogP contribution in [0.1, 0.15) is 29.1 Å². The number of amides is 1. The van der Waals surface area contributed by atoms with Crippen molar-refractivity contribution in [3.63, 3.8) is 0 Å². The molecule has 0 spiro atoms. The molecule has 0 radical (unpaired) electrons. The fourth-order valence-electron chi connectivity index (χ4n) is 2.65. The third-order valence-electron chi connectivity index (χ3n) is 4.02. The number of nitrogens with one attached hydrogen (secondary N) is 1. The standard InChI is InChI=1S/C20H21N3O4S/c1-12(2)10-27-20(26)17-13(3)16-18(28-17)21-11-23(19(16)25)9-15(24)22-14-7-5-4-6-8-14/h4-8,11-12H,9-10H2,1-3H3,(H,22,24). The second-order valence-electron chi connectivity index (χ2n) is 6.82. The summed E-state index contributed by atoms with van der Waals surface area (Å²) in [7, 11) is 0. The zero-order chi connectivity index (χ0) is 20.3. The Balaban J connectivity index is 1.84. The van der Waals surface area contributed by atoms with Crippen molar-refractivity contribution in [3.05, 3.63) is 57.5 Å². The van der Waals surface area contributed by atoms with Crippen molar-refractivity contribution in [2.45, 2.75) is 27.3 Å². The van der Waals surface area contributed by atoms with Gasteiger partial charge in [-0.2, -0.15) is 0 Å². The molecule has 7 nitrogen and oxygen atoms in total. The number of benzene rings is 1. The number of esters is 1. The average Bonchev–Trinajstić information content (AvgIpc) is 3.00. The highest BCUT2D eigenvalue weighted by Gasteiger charge is 2.21. The Labute approximate surface area is 166 Å². The summed E-state index contributed by atoms with van der Waals surface area (Å²) in [5.74, 6) is -0.571. The number of para-hydroxylation sites is 1. The van der Waals surface area contributed by atoms with Gasteiger partial charge in [-0.05, 0) is 30.5 Å². The Morgan fingerprint density at radius 2 is 1.96 bits per heavy atom. The molecule has 0 unspecified atom stereocenters. The zero-order valence-electron chi connectivity index (χ0n) is 15.9. The lowest BCUT2D eigenvalue weighted by Crippen LogP contribution is -2.27. The maximum absolute atomic E-state index is 12.8. The maximum Gasteiger partial charge on any atom is 0.348 e. The van der Waals surface area contributed by atoms with Crippen LogP contribution in [-0.4, -0.2) is 28.0 Å². The summed E-state index contributed by atoms with van der Waals surface area (Å²) in [6.45, 7) is 5.74. The van der Waals surface area contributed by atoms with Crippen molar-refractivity contribution in [2.75, 3.05) is 11.9 Å². The summed E-state index contributed by atoms with van der Waals surface area (Å²) in [5, 5.41) is 3.08. The van der Waals surface area contributed by atoms with Crippen LogP contribution in [0.15, 0.2) is 41.5 Å². The fraction of sp³-hybridized carbons (Fsp3) is 0.300. The van der Waals surface area contributed by atoms with Crippen molar-refractivity contribution in [3.8, 4) is 0 Å². The number of thiophene rings is 1. The topological polar surface area (TPSA) is 90.3 Å². The van der Waals surface area contributed by atoms with Crippen LogP contribution in [0, 0.1) is 12.8 Å². The SMILES string of the molecule is Cc1c(C(=O)OCC(C)C)sc2ncn(CC(=O)Nc3ccccc3)c(=O)c12. The Kier molecular flexibility index (Phi) is 5.89. The van der Waals surface area contributed by atoms with Crippen molar-refractivity contribution in [2.24, 2.45) is 5.92 Å². The molecule has 2 heterocycles. The molecule has 8 heteroatoms. The zero-order valence-corrected chi connectivity index (χ0v) is 16.7. The van der Waals surface area contributed by atoms with Gasteiger partial charge >= 0.3 is 5.97 Å². The third-order valence-corrected chi connectivity index (χ3v) is 5.20. The molecule has 1 N–H and O–H groups in total. The van der Waals surface area contributed by atoms with Gasteiger partial charge in [0.25, 0.3) is 5.56 Å². The van der Waals surface area contributed by atoms with E-state index in [0.717, 1.165) is 11.3 Å². The minimum absolute atomic E-state index is 0.168. The van der Waals surface area contributed by atoms with Crippen molar-refractivity contribution < 1.29 is 14.3 Å². The van der Waals surface area contributed by atoms with Crippen LogP contribution in [0.3, 0.4) is 0 Å². The van der Waals surface area contributed by atoms with E-state index in [1.54, 1.807) is 19.1 Å². The van der Waals surface area contributed by atoms with E-state index in [9.17, 15) is 14.4 Å². The molecule has 0 bridgehead atoms. The molecule has 28 heavy (non-hydrogen) atoms. The molecular formula is C20H21N3O4S. The Morgan fingerprint density at radius 3 is 2.64 bits per heavy atom. The Hall–Kier alpha value is -3.00. The molecule has 146 valence electrons. The summed E-state index contributed by atoms with van der Waals surface area (Å²) in [4.78, 5) is 42.5. The number of fused-ring (bicyclic) bond motifs is 1. The number of ether oxygens (including phenoxy) is 1. The molecule has 0 saturated carbocycles. The van der Waals surface area contributed by atoms with E-state index in [2.05, 4.69) is 10.3 Å². The van der Waals surface area contributed by atoms with E-state index in [1.807, 2.05) is 32.0 Å². The molecule has 3 rings (SSSR count). The Morgan fingerprint density at radius 1 is 1.25 bits per heavy atom. The second-order valence-corrected chi connectivity index (χ2v) is 7.82. The first-order valence-corrected chi connectivity index (χ1v) is 9.69. The first-order chi connectivity index (χ1) is 13.4. The van der Waals surface area contributed by atoms with Crippen LogP contribution in [0.5, 0.6) is 0 Å². The molecule has 0 fully saturated rings. The highest BCUT2D eigenvalue weighted by molar-refractivity contribution is 7.20. The number of anilines is 1. The molecule has 0 aliphatic rings. The van der Waals surface area contributed by atoms with Gasteiger partial charge in [-0.1, -0.05) is 32.0 Å². The summed E-state index contributed by atoms with van der Waals surface area (Å²) in [5.41, 5.74) is 0.824. The number of aryl methyl sites for hydroxylation is 1. The van der Waals surface area contributed by atoms with Crippen molar-refractivity contribution in [1.29, 1.82) is 0 Å². The van der Waals surface area contributed by atoms with E-state index < -0.39 is 5.97 Å². The smallest absolute Gasteiger partial charge is 0.348 e. The molecule has 2 aromatic heterocycles. The fourth-order valence-corrected chi connectivity index (χ4v) is 3.68. The molecule has 3 aromatic rings. The van der Waals surface area contributed by atoms with Crippen LogP contribution in [0.2, 0.25) is 0 Å². The molecule has 1 aromatic carbocycles. The number of nitrogens with zero attached hydrogens (tertiary/aromatic N) is 2. The summed E-state index contributed by atoms with van der Waals surface area (Å²) < 4.78 is 6.51. The molecule has 1 amide bonds. The van der Waals surface area contributed by atoms with Crippen LogP contribution >= 0.6 is 11.3 Å². The van der Waals surface area contributed by atoms with E-state index in [1.165, 1.54) is 10.9 Å². The summed E-state index contributed by atoms with van der Waals surface area (Å²) in [6, 6.07) is 9.00.